The van der Waals surface area contributed by atoms with E-state index in [9.17, 15) is 4.79 Å². The van der Waals surface area contributed by atoms with Gasteiger partial charge in [0, 0.05) is 23.3 Å². The average Bonchev–Trinajstić information content (AvgIpc) is 3.33. The van der Waals surface area contributed by atoms with Crippen molar-refractivity contribution >= 4 is 34.0 Å². The van der Waals surface area contributed by atoms with Crippen LogP contribution in [0.3, 0.4) is 0 Å². The molecule has 0 bridgehead atoms. The van der Waals surface area contributed by atoms with Crippen LogP contribution in [0.1, 0.15) is 27.0 Å². The molecule has 0 saturated carbocycles. The number of nitrogens with one attached hydrogen (secondary N) is 2. The van der Waals surface area contributed by atoms with E-state index in [1.807, 2.05) is 17.5 Å². The molecule has 4 aromatic rings. The lowest BCUT2D eigenvalue weighted by Crippen LogP contribution is -2.14. The third-order valence-corrected chi connectivity index (χ3v) is 4.71. The zero-order valence-electron chi connectivity index (χ0n) is 13.0. The van der Waals surface area contributed by atoms with Crippen molar-refractivity contribution in [1.82, 2.24) is 20.2 Å². The second-order valence-electron chi connectivity index (χ2n) is 5.41. The molecule has 4 rings (SSSR count). The number of rotatable bonds is 4. The highest BCUT2D eigenvalue weighted by atomic mass is 32.1. The molecule has 3 heterocycles. The second-order valence-corrected chi connectivity index (χ2v) is 6.34. The van der Waals surface area contributed by atoms with Crippen molar-refractivity contribution < 1.29 is 4.79 Å². The maximum atomic E-state index is 12.5. The summed E-state index contributed by atoms with van der Waals surface area (Å²) in [5.41, 5.74) is 8.93. The number of carbonyl (C=O) groups is 1. The monoisotopic (exact) mass is 350 g/mol. The molecular weight excluding hydrogens is 336 g/mol. The molecule has 8 heteroatoms. The van der Waals surface area contributed by atoms with Crippen LogP contribution >= 0.6 is 11.3 Å². The Balaban J connectivity index is 1.54. The fraction of sp³-hybridized carbons (Fsp3) is 0.0588. The first-order valence-electron chi connectivity index (χ1n) is 7.57. The number of fused-ring (bicyclic) bond motifs is 1. The molecule has 124 valence electrons. The number of pyridine rings is 1. The second kappa shape index (κ2) is 6.42. The Morgan fingerprint density at radius 1 is 1.16 bits per heavy atom. The van der Waals surface area contributed by atoms with Gasteiger partial charge >= 0.3 is 0 Å². The fourth-order valence-corrected chi connectivity index (χ4v) is 3.19. The van der Waals surface area contributed by atoms with Crippen molar-refractivity contribution in [1.29, 1.82) is 0 Å². The minimum absolute atomic E-state index is 0.205. The Labute approximate surface area is 146 Å². The molecule has 0 radical (unpaired) electrons. The number of hydrogen-bond acceptors (Lipinski definition) is 6. The zero-order valence-corrected chi connectivity index (χ0v) is 13.8. The summed E-state index contributed by atoms with van der Waals surface area (Å²) in [6.07, 6.45) is 4.98. The summed E-state index contributed by atoms with van der Waals surface area (Å²) >= 11 is 1.51. The molecular formula is C17H14N6OS. The number of carbonyl (C=O) groups excluding carboxylic acids is 1. The molecule has 25 heavy (non-hydrogen) atoms. The van der Waals surface area contributed by atoms with Gasteiger partial charge in [-0.05, 0) is 23.8 Å². The molecule has 1 aromatic carbocycles. The number of amides is 1. The highest BCUT2D eigenvalue weighted by Crippen LogP contribution is 2.23. The van der Waals surface area contributed by atoms with Crippen molar-refractivity contribution in [3.05, 3.63) is 70.4 Å². The number of thiazole rings is 1. The first-order chi connectivity index (χ1) is 12.2. The van der Waals surface area contributed by atoms with Crippen LogP contribution < -0.4 is 11.1 Å². The predicted octanol–water partition coefficient (Wildman–Crippen LogP) is 2.71. The Morgan fingerprint density at radius 2 is 2.00 bits per heavy atom. The number of benzene rings is 1. The van der Waals surface area contributed by atoms with Gasteiger partial charge in [0.25, 0.3) is 5.91 Å². The first-order valence-corrected chi connectivity index (χ1v) is 8.45. The van der Waals surface area contributed by atoms with E-state index in [0.29, 0.717) is 16.9 Å². The number of aromatic nitrogens is 4. The highest BCUT2D eigenvalue weighted by molar-refractivity contribution is 7.09. The summed E-state index contributed by atoms with van der Waals surface area (Å²) in [6.45, 7) is 0. The summed E-state index contributed by atoms with van der Waals surface area (Å²) in [6, 6.07) is 8.66. The van der Waals surface area contributed by atoms with Gasteiger partial charge in [-0.25, -0.2) is 9.97 Å². The summed E-state index contributed by atoms with van der Waals surface area (Å²) in [5.74, 6) is -0.205. The summed E-state index contributed by atoms with van der Waals surface area (Å²) < 4.78 is 0. The molecule has 0 saturated heterocycles. The van der Waals surface area contributed by atoms with Crippen molar-refractivity contribution in [3.63, 3.8) is 0 Å². The minimum atomic E-state index is -0.289. The minimum Gasteiger partial charge on any atom is -0.321 e. The van der Waals surface area contributed by atoms with E-state index in [-0.39, 0.29) is 11.9 Å². The maximum Gasteiger partial charge on any atom is 0.255 e. The van der Waals surface area contributed by atoms with E-state index in [2.05, 4.69) is 25.5 Å². The van der Waals surface area contributed by atoms with E-state index < -0.39 is 0 Å². The maximum absolute atomic E-state index is 12.5. The first kappa shape index (κ1) is 15.4. The number of H-pyrrole nitrogens is 1. The van der Waals surface area contributed by atoms with Crippen LogP contribution in [0, 0.1) is 0 Å². The lowest BCUT2D eigenvalue weighted by Gasteiger charge is -2.10. The lowest BCUT2D eigenvalue weighted by atomic mass is 10.1. The molecule has 3 aromatic heterocycles. The number of nitrogens with two attached hydrogens (primary N) is 1. The van der Waals surface area contributed by atoms with Crippen LogP contribution in [0.15, 0.2) is 54.3 Å². The van der Waals surface area contributed by atoms with Gasteiger partial charge in [-0.2, -0.15) is 5.10 Å². The zero-order chi connectivity index (χ0) is 17.2. The molecule has 4 N–H and O–H groups in total. The van der Waals surface area contributed by atoms with Crippen molar-refractivity contribution in [2.45, 2.75) is 6.04 Å². The Hall–Kier alpha value is -3.10. The van der Waals surface area contributed by atoms with E-state index in [1.165, 1.54) is 11.3 Å². The van der Waals surface area contributed by atoms with E-state index >= 15 is 0 Å². The summed E-state index contributed by atoms with van der Waals surface area (Å²) in [5, 5.41) is 13.1. The molecule has 1 atom stereocenters. The Kier molecular flexibility index (Phi) is 3.96. The molecule has 1 amide bonds. The molecule has 0 aliphatic carbocycles. The Morgan fingerprint density at radius 3 is 2.76 bits per heavy atom. The smallest absolute Gasteiger partial charge is 0.255 e. The topological polar surface area (TPSA) is 110 Å². The molecule has 0 fully saturated rings. The van der Waals surface area contributed by atoms with Gasteiger partial charge in [-0.15, -0.1) is 11.3 Å². The quantitative estimate of drug-likeness (QED) is 0.524. The standard InChI is InChI=1S/C17H14N6OS/c18-14(17-20-7-8-25-17)10-1-3-11(4-2-10)16(24)22-13-5-6-19-15-12(13)9-21-23-15/h1-9,14H,18H2,(H2,19,21,22,23,24). The summed E-state index contributed by atoms with van der Waals surface area (Å²) in [4.78, 5) is 20.9. The van der Waals surface area contributed by atoms with E-state index in [4.69, 9.17) is 5.73 Å². The van der Waals surface area contributed by atoms with E-state index in [1.54, 1.807) is 36.8 Å². The van der Waals surface area contributed by atoms with Gasteiger partial charge in [0.2, 0.25) is 0 Å². The average molecular weight is 350 g/mol. The van der Waals surface area contributed by atoms with Crippen LogP contribution in [0.5, 0.6) is 0 Å². The number of anilines is 1. The largest absolute Gasteiger partial charge is 0.321 e. The summed E-state index contributed by atoms with van der Waals surface area (Å²) in [7, 11) is 0. The highest BCUT2D eigenvalue weighted by Gasteiger charge is 2.13. The van der Waals surface area contributed by atoms with Gasteiger partial charge in [0.1, 0.15) is 5.01 Å². The molecule has 1 unspecified atom stereocenters. The molecule has 7 nitrogen and oxygen atoms in total. The SMILES string of the molecule is NC(c1ccc(C(=O)Nc2ccnc3[nH]ncc23)cc1)c1nccs1. The third kappa shape index (κ3) is 3.00. The van der Waals surface area contributed by atoms with Gasteiger partial charge < -0.3 is 11.1 Å². The van der Waals surface area contributed by atoms with Crippen LogP contribution in [0.4, 0.5) is 5.69 Å². The molecule has 0 aliphatic rings. The van der Waals surface area contributed by atoms with Crippen LogP contribution in [0.25, 0.3) is 11.0 Å². The molecule has 0 aliphatic heterocycles. The fourth-order valence-electron chi connectivity index (χ4n) is 2.53. The van der Waals surface area contributed by atoms with Crippen molar-refractivity contribution in [2.75, 3.05) is 5.32 Å². The normalized spacial score (nSPS) is 12.2. The molecule has 0 spiro atoms. The lowest BCUT2D eigenvalue weighted by molar-refractivity contribution is 0.102. The number of nitrogens with zero attached hydrogens (tertiary/aromatic N) is 3. The predicted molar refractivity (Wildman–Crippen MR) is 96.4 cm³/mol. The van der Waals surface area contributed by atoms with Crippen LogP contribution in [0.2, 0.25) is 0 Å². The van der Waals surface area contributed by atoms with Gasteiger partial charge in [0.15, 0.2) is 5.65 Å². The number of hydrogen-bond donors (Lipinski definition) is 3. The number of aromatic amines is 1. The van der Waals surface area contributed by atoms with Gasteiger partial charge in [0.05, 0.1) is 23.3 Å². The van der Waals surface area contributed by atoms with E-state index in [0.717, 1.165) is 16.0 Å². The van der Waals surface area contributed by atoms with Gasteiger partial charge in [-0.1, -0.05) is 12.1 Å². The Bertz CT molecular complexity index is 1010. The van der Waals surface area contributed by atoms with Crippen LogP contribution in [-0.4, -0.2) is 26.1 Å². The van der Waals surface area contributed by atoms with Crippen LogP contribution in [-0.2, 0) is 0 Å². The van der Waals surface area contributed by atoms with Crippen molar-refractivity contribution in [3.8, 4) is 0 Å². The third-order valence-electron chi connectivity index (χ3n) is 3.85. The van der Waals surface area contributed by atoms with Crippen molar-refractivity contribution in [2.24, 2.45) is 5.73 Å². The van der Waals surface area contributed by atoms with Gasteiger partial charge in [-0.3, -0.25) is 9.89 Å².